The van der Waals surface area contributed by atoms with Crippen LogP contribution in [0.2, 0.25) is 0 Å². The molecule has 0 aromatic heterocycles. The Kier molecular flexibility index (Phi) is 3.00. The molecule has 15 heavy (non-hydrogen) atoms. The molecule has 0 aliphatic carbocycles. The molecule has 0 N–H and O–H groups in total. The van der Waals surface area contributed by atoms with Crippen LogP contribution in [0, 0.1) is 0 Å². The van der Waals surface area contributed by atoms with Crippen molar-refractivity contribution in [2.24, 2.45) is 0 Å². The second kappa shape index (κ2) is 4.27. The lowest BCUT2D eigenvalue weighted by Crippen LogP contribution is -2.15. The first kappa shape index (κ1) is 10.6. The highest BCUT2D eigenvalue weighted by Gasteiger charge is 2.18. The van der Waals surface area contributed by atoms with Crippen LogP contribution < -0.4 is 4.74 Å². The fourth-order valence-electron chi connectivity index (χ4n) is 1.59. The van der Waals surface area contributed by atoms with Gasteiger partial charge in [0.2, 0.25) is 0 Å². The molecule has 1 aliphatic rings. The van der Waals surface area contributed by atoms with E-state index in [2.05, 4.69) is 13.8 Å². The van der Waals surface area contributed by atoms with Crippen LogP contribution in [0.3, 0.4) is 0 Å². The molecule has 0 radical (unpaired) electrons. The van der Waals surface area contributed by atoms with Crippen molar-refractivity contribution in [3.8, 4) is 5.75 Å². The molecule has 2 nitrogen and oxygen atoms in total. The van der Waals surface area contributed by atoms with Gasteiger partial charge in [0.15, 0.2) is 5.78 Å². The summed E-state index contributed by atoms with van der Waals surface area (Å²) in [7, 11) is 0. The second-order valence-corrected chi connectivity index (χ2v) is 5.50. The van der Waals surface area contributed by atoms with E-state index in [1.807, 2.05) is 18.2 Å². The Hall–Kier alpha value is -0.960. The van der Waals surface area contributed by atoms with Gasteiger partial charge in [-0.15, -0.1) is 11.8 Å². The van der Waals surface area contributed by atoms with Gasteiger partial charge in [0.05, 0.1) is 12.2 Å². The lowest BCUT2D eigenvalue weighted by atomic mass is 10.1. The van der Waals surface area contributed by atoms with E-state index in [1.54, 1.807) is 11.8 Å². The molecular weight excluding hydrogens is 208 g/mol. The first-order valence-electron chi connectivity index (χ1n) is 5.13. The van der Waals surface area contributed by atoms with Crippen LogP contribution in [-0.4, -0.2) is 17.6 Å². The maximum atomic E-state index is 11.5. The molecule has 1 aliphatic heterocycles. The van der Waals surface area contributed by atoms with Crippen molar-refractivity contribution < 1.29 is 9.53 Å². The minimum atomic E-state index is 0.192. The minimum absolute atomic E-state index is 0.192. The van der Waals surface area contributed by atoms with Crippen LogP contribution >= 0.6 is 11.8 Å². The fourth-order valence-corrected chi connectivity index (χ4v) is 2.45. The third kappa shape index (κ3) is 2.34. The van der Waals surface area contributed by atoms with Gasteiger partial charge in [0, 0.05) is 16.6 Å². The van der Waals surface area contributed by atoms with Crippen LogP contribution in [0.1, 0.15) is 30.6 Å². The van der Waals surface area contributed by atoms with Crippen molar-refractivity contribution in [1.29, 1.82) is 0 Å². The Bertz CT molecular complexity index is 385. The van der Waals surface area contributed by atoms with Crippen molar-refractivity contribution in [3.05, 3.63) is 23.8 Å². The number of Topliss-reactive ketones (excluding diaryl/α,β-unsaturated/α-hetero) is 1. The first-order valence-corrected chi connectivity index (χ1v) is 6.01. The molecule has 0 unspecified atom stereocenters. The molecule has 3 heteroatoms. The summed E-state index contributed by atoms with van der Waals surface area (Å²) in [6.45, 7) is 4.81. The Labute approximate surface area is 94.0 Å². The molecule has 0 amide bonds. The second-order valence-electron chi connectivity index (χ2n) is 3.85. The Morgan fingerprint density at radius 1 is 1.40 bits per heavy atom. The predicted molar refractivity (Wildman–Crippen MR) is 61.9 cm³/mol. The highest BCUT2D eigenvalue weighted by atomic mass is 32.2. The molecule has 1 aromatic carbocycles. The monoisotopic (exact) mass is 222 g/mol. The zero-order valence-electron chi connectivity index (χ0n) is 8.95. The number of carbonyl (C=O) groups is 1. The smallest absolute Gasteiger partial charge is 0.169 e. The largest absolute Gasteiger partial charge is 0.492 e. The van der Waals surface area contributed by atoms with Gasteiger partial charge >= 0.3 is 0 Å². The molecule has 0 spiro atoms. The van der Waals surface area contributed by atoms with Gasteiger partial charge in [-0.2, -0.15) is 0 Å². The zero-order valence-corrected chi connectivity index (χ0v) is 9.76. The average molecular weight is 222 g/mol. The summed E-state index contributed by atoms with van der Waals surface area (Å²) in [4.78, 5) is 12.7. The Morgan fingerprint density at radius 2 is 2.20 bits per heavy atom. The molecule has 0 saturated heterocycles. The first-order chi connectivity index (χ1) is 7.16. The summed E-state index contributed by atoms with van der Waals surface area (Å²) in [6, 6.07) is 5.84. The maximum absolute atomic E-state index is 11.5. The molecule has 0 saturated carbocycles. The molecule has 2 rings (SSSR count). The molecular formula is C12H14O2S. The van der Waals surface area contributed by atoms with Gasteiger partial charge in [-0.3, -0.25) is 4.79 Å². The fraction of sp³-hybridized carbons (Fsp3) is 0.417. The van der Waals surface area contributed by atoms with E-state index >= 15 is 0 Å². The number of benzene rings is 1. The van der Waals surface area contributed by atoms with Crippen molar-refractivity contribution in [3.63, 3.8) is 0 Å². The summed E-state index contributed by atoms with van der Waals surface area (Å²) in [5.41, 5.74) is 0.731. The van der Waals surface area contributed by atoms with E-state index < -0.39 is 0 Å². The van der Waals surface area contributed by atoms with Gasteiger partial charge in [-0.25, -0.2) is 0 Å². The number of ketones is 1. The Balaban J connectivity index is 2.29. The lowest BCUT2D eigenvalue weighted by Gasteiger charge is -2.17. The van der Waals surface area contributed by atoms with Gasteiger partial charge in [-0.1, -0.05) is 13.8 Å². The number of fused-ring (bicyclic) bond motifs is 1. The molecule has 80 valence electrons. The normalized spacial score (nSPS) is 15.0. The van der Waals surface area contributed by atoms with Crippen LogP contribution in [0.4, 0.5) is 0 Å². The molecule has 0 bridgehead atoms. The summed E-state index contributed by atoms with van der Waals surface area (Å²) >= 11 is 1.78. The minimum Gasteiger partial charge on any atom is -0.492 e. The Morgan fingerprint density at radius 3 is 2.93 bits per heavy atom. The summed E-state index contributed by atoms with van der Waals surface area (Å²) in [6.07, 6.45) is 0.504. The third-order valence-corrected chi connectivity index (χ3v) is 3.21. The van der Waals surface area contributed by atoms with E-state index in [4.69, 9.17) is 4.74 Å². The molecule has 0 fully saturated rings. The summed E-state index contributed by atoms with van der Waals surface area (Å²) in [5.74, 6) is 0.939. The highest BCUT2D eigenvalue weighted by Crippen LogP contribution is 2.31. The summed E-state index contributed by atoms with van der Waals surface area (Å²) < 4.78 is 5.48. The van der Waals surface area contributed by atoms with Crippen LogP contribution in [0.5, 0.6) is 5.75 Å². The average Bonchev–Trinajstić information content (AvgIpc) is 2.17. The quantitative estimate of drug-likeness (QED) is 0.719. The number of thioether (sulfide) groups is 1. The van der Waals surface area contributed by atoms with E-state index in [-0.39, 0.29) is 5.78 Å². The molecule has 1 aromatic rings. The SMILES string of the molecule is CC(C)Sc1ccc2c(c1)OCCC2=O. The predicted octanol–water partition coefficient (Wildman–Crippen LogP) is 3.15. The van der Waals surface area contributed by atoms with Crippen molar-refractivity contribution in [2.75, 3.05) is 6.61 Å². The molecule has 0 atom stereocenters. The highest BCUT2D eigenvalue weighted by molar-refractivity contribution is 7.99. The maximum Gasteiger partial charge on any atom is 0.169 e. The van der Waals surface area contributed by atoms with Gasteiger partial charge in [-0.05, 0) is 18.2 Å². The topological polar surface area (TPSA) is 26.3 Å². The van der Waals surface area contributed by atoms with E-state index in [0.29, 0.717) is 18.3 Å². The van der Waals surface area contributed by atoms with Crippen LogP contribution in [-0.2, 0) is 0 Å². The summed E-state index contributed by atoms with van der Waals surface area (Å²) in [5, 5.41) is 0.544. The van der Waals surface area contributed by atoms with Crippen molar-refractivity contribution in [1.82, 2.24) is 0 Å². The zero-order chi connectivity index (χ0) is 10.8. The van der Waals surface area contributed by atoms with E-state index in [1.165, 1.54) is 4.90 Å². The number of carbonyl (C=O) groups excluding carboxylic acids is 1. The molecule has 1 heterocycles. The van der Waals surface area contributed by atoms with E-state index in [9.17, 15) is 4.79 Å². The third-order valence-electron chi connectivity index (χ3n) is 2.21. The number of rotatable bonds is 2. The van der Waals surface area contributed by atoms with Crippen LogP contribution in [0.25, 0.3) is 0 Å². The number of hydrogen-bond acceptors (Lipinski definition) is 3. The number of ether oxygens (including phenoxy) is 1. The van der Waals surface area contributed by atoms with E-state index in [0.717, 1.165) is 11.3 Å². The lowest BCUT2D eigenvalue weighted by molar-refractivity contribution is 0.0933. The number of hydrogen-bond donors (Lipinski definition) is 0. The van der Waals surface area contributed by atoms with Crippen molar-refractivity contribution >= 4 is 17.5 Å². The van der Waals surface area contributed by atoms with Crippen LogP contribution in [0.15, 0.2) is 23.1 Å². The van der Waals surface area contributed by atoms with Gasteiger partial charge in [0.25, 0.3) is 0 Å². The van der Waals surface area contributed by atoms with Crippen molar-refractivity contribution in [2.45, 2.75) is 30.4 Å². The standard InChI is InChI=1S/C12H14O2S/c1-8(2)15-9-3-4-10-11(13)5-6-14-12(10)7-9/h3-4,7-8H,5-6H2,1-2H3. The van der Waals surface area contributed by atoms with Gasteiger partial charge in [0.1, 0.15) is 5.75 Å². The van der Waals surface area contributed by atoms with Gasteiger partial charge < -0.3 is 4.74 Å².